The largest absolute Gasteiger partial charge is 0.378 e. The van der Waals surface area contributed by atoms with Gasteiger partial charge in [-0.25, -0.2) is 0 Å². The first-order valence-corrected chi connectivity index (χ1v) is 8.74. The summed E-state index contributed by atoms with van der Waals surface area (Å²) >= 11 is 0. The molecule has 0 spiro atoms. The highest BCUT2D eigenvalue weighted by Crippen LogP contribution is 2.33. The quantitative estimate of drug-likeness (QED) is 0.417. The van der Waals surface area contributed by atoms with Crippen molar-refractivity contribution in [2.75, 3.05) is 33.3 Å². The molecule has 2 saturated heterocycles. The van der Waals surface area contributed by atoms with Gasteiger partial charge in [-0.2, -0.15) is 0 Å². The Balaban J connectivity index is 0.00000242. The molecule has 0 radical (unpaired) electrons. The number of rotatable bonds is 5. The van der Waals surface area contributed by atoms with Gasteiger partial charge >= 0.3 is 0 Å². The zero-order valence-electron chi connectivity index (χ0n) is 14.6. The Bertz CT molecular complexity index is 341. The second kappa shape index (κ2) is 9.96. The van der Waals surface area contributed by atoms with Crippen LogP contribution >= 0.6 is 24.0 Å². The van der Waals surface area contributed by atoms with Crippen LogP contribution in [0.25, 0.3) is 0 Å². The van der Waals surface area contributed by atoms with E-state index in [9.17, 15) is 0 Å². The maximum Gasteiger partial charge on any atom is 0.193 e. The number of hydrogen-bond donors (Lipinski definition) is 1. The normalized spacial score (nSPS) is 29.3. The third kappa shape index (κ3) is 5.87. The molecule has 22 heavy (non-hydrogen) atoms. The van der Waals surface area contributed by atoms with Gasteiger partial charge in [0.25, 0.3) is 0 Å². The standard InChI is InChI=1S/C17H33N3O.HI/c1-4-9-17(2)10-6-12-20(14-17)16(18-3)19-11-8-15-7-5-13-21-15;/h15H,4-14H2,1-3H3,(H,18,19);1H. The molecule has 2 unspecified atom stereocenters. The fourth-order valence-corrected chi connectivity index (χ4v) is 3.85. The van der Waals surface area contributed by atoms with E-state index in [1.807, 2.05) is 7.05 Å². The molecule has 0 aromatic heterocycles. The molecule has 130 valence electrons. The second-order valence-electron chi connectivity index (χ2n) is 6.98. The summed E-state index contributed by atoms with van der Waals surface area (Å²) in [5.41, 5.74) is 0.458. The molecule has 2 rings (SSSR count). The number of nitrogens with zero attached hydrogens (tertiary/aromatic N) is 2. The van der Waals surface area contributed by atoms with Gasteiger partial charge in [-0.1, -0.05) is 20.3 Å². The predicted molar refractivity (Wildman–Crippen MR) is 104 cm³/mol. The number of hydrogen-bond acceptors (Lipinski definition) is 2. The van der Waals surface area contributed by atoms with E-state index in [0.29, 0.717) is 11.5 Å². The van der Waals surface area contributed by atoms with E-state index in [-0.39, 0.29) is 24.0 Å². The maximum absolute atomic E-state index is 5.69. The smallest absolute Gasteiger partial charge is 0.193 e. The highest BCUT2D eigenvalue weighted by Gasteiger charge is 2.31. The van der Waals surface area contributed by atoms with E-state index >= 15 is 0 Å². The summed E-state index contributed by atoms with van der Waals surface area (Å²) in [6.45, 7) is 8.92. The molecule has 2 aliphatic heterocycles. The van der Waals surface area contributed by atoms with Gasteiger partial charge in [0.05, 0.1) is 6.10 Å². The summed E-state index contributed by atoms with van der Waals surface area (Å²) in [6, 6.07) is 0. The molecule has 0 bridgehead atoms. The van der Waals surface area contributed by atoms with Gasteiger partial charge in [0.15, 0.2) is 5.96 Å². The minimum absolute atomic E-state index is 0. The van der Waals surface area contributed by atoms with Crippen molar-refractivity contribution in [1.29, 1.82) is 0 Å². The molecule has 2 fully saturated rings. The van der Waals surface area contributed by atoms with Crippen LogP contribution in [-0.4, -0.2) is 50.3 Å². The molecule has 0 aromatic carbocycles. The van der Waals surface area contributed by atoms with Crippen molar-refractivity contribution in [1.82, 2.24) is 10.2 Å². The van der Waals surface area contributed by atoms with Crippen LogP contribution in [0.3, 0.4) is 0 Å². The summed E-state index contributed by atoms with van der Waals surface area (Å²) in [4.78, 5) is 6.95. The highest BCUT2D eigenvalue weighted by atomic mass is 127. The third-order valence-corrected chi connectivity index (χ3v) is 4.92. The fraction of sp³-hybridized carbons (Fsp3) is 0.941. The van der Waals surface area contributed by atoms with Crippen molar-refractivity contribution >= 4 is 29.9 Å². The molecule has 2 atom stereocenters. The van der Waals surface area contributed by atoms with Crippen LogP contribution in [0.1, 0.15) is 58.8 Å². The Labute approximate surface area is 153 Å². The van der Waals surface area contributed by atoms with Crippen LogP contribution < -0.4 is 5.32 Å². The molecule has 0 amide bonds. The van der Waals surface area contributed by atoms with Gasteiger partial charge in [-0.3, -0.25) is 4.99 Å². The molecular weight excluding hydrogens is 389 g/mol. The van der Waals surface area contributed by atoms with Crippen molar-refractivity contribution in [3.63, 3.8) is 0 Å². The number of piperidine rings is 1. The van der Waals surface area contributed by atoms with Crippen molar-refractivity contribution in [3.05, 3.63) is 0 Å². The Hall–Kier alpha value is -0.0400. The molecule has 0 saturated carbocycles. The predicted octanol–water partition coefficient (Wildman–Crippen LogP) is 3.65. The first kappa shape index (κ1) is 20.0. The number of ether oxygens (including phenoxy) is 1. The minimum Gasteiger partial charge on any atom is -0.378 e. The maximum atomic E-state index is 5.69. The number of halogens is 1. The molecule has 2 aliphatic rings. The molecule has 5 heteroatoms. The average Bonchev–Trinajstić information content (AvgIpc) is 2.97. The van der Waals surface area contributed by atoms with Crippen molar-refractivity contribution in [3.8, 4) is 0 Å². The van der Waals surface area contributed by atoms with Crippen LogP contribution in [0.4, 0.5) is 0 Å². The third-order valence-electron chi connectivity index (χ3n) is 4.92. The van der Waals surface area contributed by atoms with Crippen LogP contribution in [0, 0.1) is 5.41 Å². The van der Waals surface area contributed by atoms with E-state index in [4.69, 9.17) is 4.74 Å². The topological polar surface area (TPSA) is 36.9 Å². The minimum atomic E-state index is 0. The number of nitrogens with one attached hydrogen (secondary N) is 1. The Kier molecular flexibility index (Phi) is 9.05. The lowest BCUT2D eigenvalue weighted by atomic mass is 9.78. The Morgan fingerprint density at radius 3 is 2.86 bits per heavy atom. The zero-order valence-corrected chi connectivity index (χ0v) is 16.9. The molecular formula is C17H34IN3O. The lowest BCUT2D eigenvalue weighted by molar-refractivity contribution is 0.104. The van der Waals surface area contributed by atoms with Crippen LogP contribution in [0.2, 0.25) is 0 Å². The second-order valence-corrected chi connectivity index (χ2v) is 6.98. The van der Waals surface area contributed by atoms with Gasteiger partial charge in [0.2, 0.25) is 0 Å². The lowest BCUT2D eigenvalue weighted by Crippen LogP contribution is -2.50. The molecule has 0 aromatic rings. The van der Waals surface area contributed by atoms with E-state index in [2.05, 4.69) is 29.1 Å². The van der Waals surface area contributed by atoms with E-state index in [1.54, 1.807) is 0 Å². The summed E-state index contributed by atoms with van der Waals surface area (Å²) in [6.07, 6.45) is 9.22. The van der Waals surface area contributed by atoms with Gasteiger partial charge in [0, 0.05) is 33.3 Å². The number of aliphatic imine (C=N–C) groups is 1. The number of guanidine groups is 1. The fourth-order valence-electron chi connectivity index (χ4n) is 3.85. The highest BCUT2D eigenvalue weighted by molar-refractivity contribution is 14.0. The summed E-state index contributed by atoms with van der Waals surface area (Å²) in [5.74, 6) is 1.08. The molecule has 4 nitrogen and oxygen atoms in total. The first-order chi connectivity index (χ1) is 10.2. The number of likely N-dealkylation sites (tertiary alicyclic amines) is 1. The zero-order chi connectivity index (χ0) is 15.1. The van der Waals surface area contributed by atoms with Gasteiger partial charge in [-0.15, -0.1) is 24.0 Å². The molecule has 1 N–H and O–H groups in total. The summed E-state index contributed by atoms with van der Waals surface area (Å²) in [7, 11) is 1.90. The molecule has 2 heterocycles. The monoisotopic (exact) mass is 423 g/mol. The van der Waals surface area contributed by atoms with Crippen LogP contribution in [0.15, 0.2) is 4.99 Å². The van der Waals surface area contributed by atoms with Crippen molar-refractivity contribution in [2.24, 2.45) is 10.4 Å². The van der Waals surface area contributed by atoms with Crippen LogP contribution in [0.5, 0.6) is 0 Å². The van der Waals surface area contributed by atoms with Crippen LogP contribution in [-0.2, 0) is 4.74 Å². The van der Waals surface area contributed by atoms with Gasteiger partial charge in [0.1, 0.15) is 0 Å². The summed E-state index contributed by atoms with van der Waals surface area (Å²) < 4.78 is 5.69. The van der Waals surface area contributed by atoms with Crippen molar-refractivity contribution < 1.29 is 4.74 Å². The lowest BCUT2D eigenvalue weighted by Gasteiger charge is -2.42. The molecule has 0 aliphatic carbocycles. The Morgan fingerprint density at radius 2 is 2.23 bits per heavy atom. The average molecular weight is 423 g/mol. The van der Waals surface area contributed by atoms with E-state index in [0.717, 1.165) is 38.6 Å². The summed E-state index contributed by atoms with van der Waals surface area (Å²) in [5, 5.41) is 3.54. The van der Waals surface area contributed by atoms with Crippen molar-refractivity contribution in [2.45, 2.75) is 64.9 Å². The van der Waals surface area contributed by atoms with Gasteiger partial charge in [-0.05, 0) is 43.9 Å². The van der Waals surface area contributed by atoms with E-state index in [1.165, 1.54) is 38.5 Å². The Morgan fingerprint density at radius 1 is 1.41 bits per heavy atom. The van der Waals surface area contributed by atoms with Gasteiger partial charge < -0.3 is 15.0 Å². The SMILES string of the molecule is CCCC1(C)CCCN(C(=NC)NCCC2CCCO2)C1.I. The van der Waals surface area contributed by atoms with E-state index < -0.39 is 0 Å². The first-order valence-electron chi connectivity index (χ1n) is 8.74.